The second-order valence-electron chi connectivity index (χ2n) is 11.4. The van der Waals surface area contributed by atoms with Crippen molar-refractivity contribution in [1.82, 2.24) is 4.57 Å². The molecule has 1 aliphatic carbocycles. The second kappa shape index (κ2) is 9.72. The Kier molecular flexibility index (Phi) is 6.65. The molecule has 0 bridgehead atoms. The van der Waals surface area contributed by atoms with Crippen molar-refractivity contribution in [2.75, 3.05) is 0 Å². The van der Waals surface area contributed by atoms with Gasteiger partial charge in [-0.25, -0.2) is 0 Å². The summed E-state index contributed by atoms with van der Waals surface area (Å²) in [6.07, 6.45) is 7.59. The molecule has 1 fully saturated rings. The van der Waals surface area contributed by atoms with Gasteiger partial charge in [0.05, 0.1) is 5.69 Å². The maximum absolute atomic E-state index is 12.6. The fourth-order valence-corrected chi connectivity index (χ4v) is 6.08. The molecule has 186 valence electrons. The molecule has 2 unspecified atom stereocenters. The Morgan fingerprint density at radius 3 is 2.51 bits per heavy atom. The van der Waals surface area contributed by atoms with Crippen molar-refractivity contribution in [3.8, 4) is 17.0 Å². The van der Waals surface area contributed by atoms with Gasteiger partial charge in [0, 0.05) is 35.3 Å². The molecule has 5 rings (SSSR count). The van der Waals surface area contributed by atoms with Crippen LogP contribution >= 0.6 is 0 Å². The number of hydrogen-bond donors (Lipinski definition) is 0. The van der Waals surface area contributed by atoms with Gasteiger partial charge in [-0.1, -0.05) is 49.6 Å². The van der Waals surface area contributed by atoms with Gasteiger partial charge in [-0.2, -0.15) is 0 Å². The van der Waals surface area contributed by atoms with E-state index >= 15 is 0 Å². The molecule has 2 aliphatic rings. The highest BCUT2D eigenvalue weighted by molar-refractivity contribution is 5.93. The van der Waals surface area contributed by atoms with E-state index in [4.69, 9.17) is 9.47 Å². The molecule has 4 nitrogen and oxygen atoms in total. The van der Waals surface area contributed by atoms with Crippen molar-refractivity contribution in [2.45, 2.75) is 96.8 Å². The van der Waals surface area contributed by atoms with Crippen LogP contribution in [0.5, 0.6) is 5.75 Å². The Balaban J connectivity index is 1.59. The minimum atomic E-state index is -0.461. The summed E-state index contributed by atoms with van der Waals surface area (Å²) < 4.78 is 14.8. The number of nitrogens with zero attached hydrogens (tertiary/aromatic N) is 1. The Morgan fingerprint density at radius 1 is 1.03 bits per heavy atom. The lowest BCUT2D eigenvalue weighted by Gasteiger charge is -2.32. The second-order valence-corrected chi connectivity index (χ2v) is 11.4. The Bertz CT molecular complexity index is 1200. The molecule has 0 radical (unpaired) electrons. The van der Waals surface area contributed by atoms with Gasteiger partial charge in [0.1, 0.15) is 17.5 Å². The third-order valence-electron chi connectivity index (χ3n) is 7.70. The van der Waals surface area contributed by atoms with Crippen molar-refractivity contribution in [2.24, 2.45) is 5.92 Å². The number of aromatic nitrogens is 1. The zero-order valence-corrected chi connectivity index (χ0v) is 21.7. The molecule has 0 N–H and O–H groups in total. The predicted molar refractivity (Wildman–Crippen MR) is 142 cm³/mol. The van der Waals surface area contributed by atoms with Crippen LogP contribution < -0.4 is 4.74 Å². The predicted octanol–water partition coefficient (Wildman–Crippen LogP) is 7.88. The van der Waals surface area contributed by atoms with Gasteiger partial charge in [0.15, 0.2) is 0 Å². The zero-order chi connectivity index (χ0) is 24.6. The van der Waals surface area contributed by atoms with Crippen LogP contribution in [0.4, 0.5) is 0 Å². The Morgan fingerprint density at radius 2 is 1.74 bits per heavy atom. The highest BCUT2D eigenvalue weighted by Gasteiger charge is 2.32. The Hall–Kier alpha value is -2.75. The fraction of sp³-hybridized carbons (Fsp3) is 0.516. The normalized spacial score (nSPS) is 20.9. The highest BCUT2D eigenvalue weighted by Crippen LogP contribution is 2.47. The van der Waals surface area contributed by atoms with Crippen LogP contribution in [0.1, 0.15) is 84.1 Å². The van der Waals surface area contributed by atoms with Gasteiger partial charge in [0.25, 0.3) is 0 Å². The maximum Gasteiger partial charge on any atom is 0.306 e. The number of esters is 1. The SMILES string of the molecule is CC1Oc2ccccc2-c2c(C3CCCCC3)c3ccccc3n2CC1CCC(=O)OC(C)(C)C. The smallest absolute Gasteiger partial charge is 0.306 e. The first kappa shape index (κ1) is 24.0. The van der Waals surface area contributed by atoms with Crippen molar-refractivity contribution in [3.63, 3.8) is 0 Å². The summed E-state index contributed by atoms with van der Waals surface area (Å²) in [6.45, 7) is 8.76. The number of benzene rings is 2. The lowest BCUT2D eigenvalue weighted by molar-refractivity contribution is -0.155. The van der Waals surface area contributed by atoms with Crippen LogP contribution in [-0.2, 0) is 16.1 Å². The van der Waals surface area contributed by atoms with Crippen LogP contribution in [0.25, 0.3) is 22.2 Å². The highest BCUT2D eigenvalue weighted by atomic mass is 16.6. The van der Waals surface area contributed by atoms with Crippen molar-refractivity contribution in [1.29, 1.82) is 0 Å². The average molecular weight is 474 g/mol. The van der Waals surface area contributed by atoms with E-state index in [1.165, 1.54) is 59.8 Å². The molecule has 35 heavy (non-hydrogen) atoms. The van der Waals surface area contributed by atoms with Gasteiger partial charge >= 0.3 is 5.97 Å². The molecule has 0 saturated heterocycles. The summed E-state index contributed by atoms with van der Waals surface area (Å²) in [7, 11) is 0. The quantitative estimate of drug-likeness (QED) is 0.362. The van der Waals surface area contributed by atoms with Gasteiger partial charge in [0.2, 0.25) is 0 Å². The van der Waals surface area contributed by atoms with Crippen molar-refractivity contribution < 1.29 is 14.3 Å². The summed E-state index contributed by atoms with van der Waals surface area (Å²) in [5.41, 5.74) is 4.85. The molecule has 0 spiro atoms. The number of carbonyl (C=O) groups is 1. The average Bonchev–Trinajstić information content (AvgIpc) is 3.14. The van der Waals surface area contributed by atoms with Gasteiger partial charge < -0.3 is 14.0 Å². The third-order valence-corrected chi connectivity index (χ3v) is 7.70. The fourth-order valence-electron chi connectivity index (χ4n) is 6.08. The number of rotatable bonds is 4. The van der Waals surface area contributed by atoms with Gasteiger partial charge in [-0.05, 0) is 76.6 Å². The number of hydrogen-bond acceptors (Lipinski definition) is 3. The molecule has 1 saturated carbocycles. The minimum absolute atomic E-state index is 0.00831. The third kappa shape index (κ3) is 4.98. The maximum atomic E-state index is 12.6. The summed E-state index contributed by atoms with van der Waals surface area (Å²) >= 11 is 0. The van der Waals surface area contributed by atoms with Crippen molar-refractivity contribution >= 4 is 16.9 Å². The van der Waals surface area contributed by atoms with E-state index in [-0.39, 0.29) is 18.0 Å². The van der Waals surface area contributed by atoms with Gasteiger partial charge in [-0.15, -0.1) is 0 Å². The van der Waals surface area contributed by atoms with Crippen LogP contribution in [0.15, 0.2) is 48.5 Å². The number of fused-ring (bicyclic) bond motifs is 5. The lowest BCUT2D eigenvalue weighted by Crippen LogP contribution is -2.31. The summed E-state index contributed by atoms with van der Waals surface area (Å²) in [5, 5.41) is 1.38. The van der Waals surface area contributed by atoms with Crippen LogP contribution in [0.2, 0.25) is 0 Å². The molecule has 1 aromatic heterocycles. The monoisotopic (exact) mass is 473 g/mol. The lowest BCUT2D eigenvalue weighted by atomic mass is 9.81. The van der Waals surface area contributed by atoms with E-state index in [2.05, 4.69) is 60.0 Å². The number of carbonyl (C=O) groups excluding carboxylic acids is 1. The largest absolute Gasteiger partial charge is 0.490 e. The van der Waals surface area contributed by atoms with E-state index in [1.54, 1.807) is 0 Å². The molecule has 2 heterocycles. The molecule has 1 aliphatic heterocycles. The molecular weight excluding hydrogens is 434 g/mol. The van der Waals surface area contributed by atoms with E-state index < -0.39 is 5.60 Å². The molecule has 2 aromatic carbocycles. The molecule has 3 aromatic rings. The van der Waals surface area contributed by atoms with Crippen LogP contribution in [-0.4, -0.2) is 22.2 Å². The number of para-hydroxylation sites is 2. The van der Waals surface area contributed by atoms with Crippen LogP contribution in [0, 0.1) is 5.92 Å². The molecule has 4 heteroatoms. The van der Waals surface area contributed by atoms with E-state index in [0.717, 1.165) is 18.7 Å². The first-order valence-electron chi connectivity index (χ1n) is 13.4. The molecule has 0 amide bonds. The topological polar surface area (TPSA) is 40.5 Å². The first-order valence-corrected chi connectivity index (χ1v) is 13.4. The van der Waals surface area contributed by atoms with E-state index in [9.17, 15) is 4.79 Å². The van der Waals surface area contributed by atoms with Crippen molar-refractivity contribution in [3.05, 3.63) is 54.1 Å². The minimum Gasteiger partial charge on any atom is -0.490 e. The molecule has 2 atom stereocenters. The first-order chi connectivity index (χ1) is 16.8. The van der Waals surface area contributed by atoms with Gasteiger partial charge in [-0.3, -0.25) is 4.79 Å². The standard InChI is InChI=1S/C31H39NO3/c1-21-23(18-19-28(33)35-31(2,3)4)20-32-26-16-10-8-14-24(26)29(22-12-6-5-7-13-22)30(32)25-15-9-11-17-27(25)34-21/h8-11,14-17,21-23H,5-7,12-13,18-20H2,1-4H3. The zero-order valence-electron chi connectivity index (χ0n) is 21.7. The van der Waals surface area contributed by atoms with E-state index in [1.807, 2.05) is 20.8 Å². The van der Waals surface area contributed by atoms with Crippen LogP contribution in [0.3, 0.4) is 0 Å². The molecular formula is C31H39NO3. The van der Waals surface area contributed by atoms with E-state index in [0.29, 0.717) is 12.3 Å². The number of ether oxygens (including phenoxy) is 2. The summed E-state index contributed by atoms with van der Waals surface area (Å²) in [5.74, 6) is 1.59. The summed E-state index contributed by atoms with van der Waals surface area (Å²) in [6, 6.07) is 17.4. The Labute approximate surface area is 209 Å². The summed E-state index contributed by atoms with van der Waals surface area (Å²) in [4.78, 5) is 12.6.